The van der Waals surface area contributed by atoms with Crippen molar-refractivity contribution in [2.24, 2.45) is 4.99 Å². The molecule has 2 aromatic carbocycles. The Morgan fingerprint density at radius 2 is 2.07 bits per heavy atom. The summed E-state index contributed by atoms with van der Waals surface area (Å²) in [5, 5.41) is 0. The highest BCUT2D eigenvalue weighted by atomic mass is 79.9. The molecule has 1 heterocycles. The Morgan fingerprint density at radius 1 is 1.22 bits per heavy atom. The standard InChI is InChI=1S/C22H26BrFN2O/c1-3-4-13-26-14-12-25-22(26)19-6-5-7-20(24)18(19)10-8-16-15-17(23)9-11-21(16)27-2/h5-7,9,11,15H,3-4,8,10,12-14H2,1-2H3. The molecule has 0 radical (unpaired) electrons. The van der Waals surface area contributed by atoms with Gasteiger partial charge in [-0.1, -0.05) is 41.4 Å². The van der Waals surface area contributed by atoms with Gasteiger partial charge in [0.2, 0.25) is 0 Å². The number of amidine groups is 1. The Labute approximate surface area is 169 Å². The van der Waals surface area contributed by atoms with Gasteiger partial charge in [-0.15, -0.1) is 0 Å². The molecule has 3 rings (SSSR count). The number of halogens is 2. The molecule has 0 N–H and O–H groups in total. The molecular weight excluding hydrogens is 407 g/mol. The van der Waals surface area contributed by atoms with Crippen LogP contribution in [0, 0.1) is 5.82 Å². The molecule has 0 spiro atoms. The largest absolute Gasteiger partial charge is 0.496 e. The number of aryl methyl sites for hydroxylation is 1. The topological polar surface area (TPSA) is 24.8 Å². The van der Waals surface area contributed by atoms with Gasteiger partial charge in [0.25, 0.3) is 0 Å². The molecular formula is C22H26BrFN2O. The van der Waals surface area contributed by atoms with Crippen LogP contribution in [0.4, 0.5) is 4.39 Å². The van der Waals surface area contributed by atoms with E-state index in [0.717, 1.165) is 65.2 Å². The van der Waals surface area contributed by atoms with Gasteiger partial charge in [0, 0.05) is 23.1 Å². The van der Waals surface area contributed by atoms with Crippen LogP contribution < -0.4 is 4.74 Å². The molecule has 27 heavy (non-hydrogen) atoms. The van der Waals surface area contributed by atoms with Gasteiger partial charge in [-0.2, -0.15) is 0 Å². The van der Waals surface area contributed by atoms with Crippen molar-refractivity contribution in [1.82, 2.24) is 4.90 Å². The highest BCUT2D eigenvalue weighted by Gasteiger charge is 2.22. The van der Waals surface area contributed by atoms with E-state index in [1.807, 2.05) is 24.3 Å². The Hall–Kier alpha value is -1.88. The van der Waals surface area contributed by atoms with Gasteiger partial charge in [0.05, 0.1) is 13.7 Å². The minimum Gasteiger partial charge on any atom is -0.496 e. The molecule has 1 aliphatic rings. The molecule has 5 heteroatoms. The first-order valence-electron chi connectivity index (χ1n) is 9.53. The lowest BCUT2D eigenvalue weighted by atomic mass is 9.97. The number of ether oxygens (including phenoxy) is 1. The number of aliphatic imine (C=N–C) groups is 1. The van der Waals surface area contributed by atoms with Crippen molar-refractivity contribution in [3.05, 3.63) is 63.4 Å². The highest BCUT2D eigenvalue weighted by molar-refractivity contribution is 9.10. The fourth-order valence-electron chi connectivity index (χ4n) is 3.53. The van der Waals surface area contributed by atoms with Gasteiger partial charge in [-0.3, -0.25) is 4.99 Å². The van der Waals surface area contributed by atoms with Crippen LogP contribution in [0.15, 0.2) is 45.9 Å². The number of rotatable bonds is 8. The Kier molecular flexibility index (Phi) is 6.89. The molecule has 144 valence electrons. The van der Waals surface area contributed by atoms with E-state index in [4.69, 9.17) is 4.74 Å². The van der Waals surface area contributed by atoms with Crippen LogP contribution in [-0.4, -0.2) is 37.5 Å². The van der Waals surface area contributed by atoms with Crippen molar-refractivity contribution in [2.75, 3.05) is 26.7 Å². The first-order valence-corrected chi connectivity index (χ1v) is 10.3. The van der Waals surface area contributed by atoms with E-state index in [1.165, 1.54) is 0 Å². The molecule has 0 saturated heterocycles. The summed E-state index contributed by atoms with van der Waals surface area (Å²) >= 11 is 3.51. The van der Waals surface area contributed by atoms with Crippen LogP contribution in [0.2, 0.25) is 0 Å². The summed E-state index contributed by atoms with van der Waals surface area (Å²) in [5.41, 5.74) is 2.73. The molecule has 0 amide bonds. The second-order valence-electron chi connectivity index (χ2n) is 6.77. The van der Waals surface area contributed by atoms with Gasteiger partial charge < -0.3 is 9.64 Å². The van der Waals surface area contributed by atoms with Gasteiger partial charge >= 0.3 is 0 Å². The number of nitrogens with zero attached hydrogens (tertiary/aromatic N) is 2. The summed E-state index contributed by atoms with van der Waals surface area (Å²) in [5.74, 6) is 1.62. The second kappa shape index (κ2) is 9.36. The van der Waals surface area contributed by atoms with Crippen LogP contribution in [0.5, 0.6) is 5.75 Å². The summed E-state index contributed by atoms with van der Waals surface area (Å²) < 4.78 is 21.2. The summed E-state index contributed by atoms with van der Waals surface area (Å²) in [7, 11) is 1.67. The van der Waals surface area contributed by atoms with E-state index in [2.05, 4.69) is 32.7 Å². The first kappa shape index (κ1) is 19.9. The van der Waals surface area contributed by atoms with E-state index in [-0.39, 0.29) is 5.82 Å². The zero-order valence-electron chi connectivity index (χ0n) is 16.0. The van der Waals surface area contributed by atoms with Crippen LogP contribution >= 0.6 is 15.9 Å². The van der Waals surface area contributed by atoms with Crippen molar-refractivity contribution in [3.63, 3.8) is 0 Å². The van der Waals surface area contributed by atoms with Gasteiger partial charge in [-0.05, 0) is 54.7 Å². The monoisotopic (exact) mass is 432 g/mol. The molecule has 0 aromatic heterocycles. The van der Waals surface area contributed by atoms with Crippen molar-refractivity contribution in [2.45, 2.75) is 32.6 Å². The average molecular weight is 433 g/mol. The average Bonchev–Trinajstić information content (AvgIpc) is 3.13. The number of benzene rings is 2. The summed E-state index contributed by atoms with van der Waals surface area (Å²) in [4.78, 5) is 6.98. The van der Waals surface area contributed by atoms with Crippen molar-refractivity contribution < 1.29 is 9.13 Å². The third-order valence-electron chi connectivity index (χ3n) is 4.96. The Bertz CT molecular complexity index is 822. The highest BCUT2D eigenvalue weighted by Crippen LogP contribution is 2.26. The van der Waals surface area contributed by atoms with Crippen LogP contribution in [0.1, 0.15) is 36.5 Å². The van der Waals surface area contributed by atoms with E-state index in [0.29, 0.717) is 12.8 Å². The molecule has 0 aliphatic carbocycles. The van der Waals surface area contributed by atoms with E-state index >= 15 is 0 Å². The Balaban J connectivity index is 1.85. The van der Waals surface area contributed by atoms with E-state index in [9.17, 15) is 4.39 Å². The van der Waals surface area contributed by atoms with Crippen molar-refractivity contribution in [3.8, 4) is 5.75 Å². The minimum absolute atomic E-state index is 0.161. The molecule has 0 atom stereocenters. The number of methoxy groups -OCH3 is 1. The van der Waals surface area contributed by atoms with Crippen molar-refractivity contribution in [1.29, 1.82) is 0 Å². The fraction of sp³-hybridized carbons (Fsp3) is 0.409. The molecule has 2 aromatic rings. The number of hydrogen-bond acceptors (Lipinski definition) is 3. The maximum Gasteiger partial charge on any atom is 0.131 e. The van der Waals surface area contributed by atoms with Gasteiger partial charge in [0.1, 0.15) is 17.4 Å². The first-order chi connectivity index (χ1) is 13.1. The fourth-order valence-corrected chi connectivity index (χ4v) is 3.94. The predicted octanol–water partition coefficient (Wildman–Crippen LogP) is 5.24. The third kappa shape index (κ3) is 4.70. The Morgan fingerprint density at radius 3 is 2.85 bits per heavy atom. The molecule has 0 fully saturated rings. The normalized spacial score (nSPS) is 13.8. The van der Waals surface area contributed by atoms with Crippen LogP contribution in [0.25, 0.3) is 0 Å². The number of hydrogen-bond donors (Lipinski definition) is 0. The van der Waals surface area contributed by atoms with Crippen LogP contribution in [0.3, 0.4) is 0 Å². The second-order valence-corrected chi connectivity index (χ2v) is 7.68. The zero-order chi connectivity index (χ0) is 19.2. The lowest BCUT2D eigenvalue weighted by molar-refractivity contribution is 0.409. The van der Waals surface area contributed by atoms with Crippen LogP contribution in [-0.2, 0) is 12.8 Å². The summed E-state index contributed by atoms with van der Waals surface area (Å²) in [6.07, 6.45) is 3.58. The summed E-state index contributed by atoms with van der Waals surface area (Å²) in [6, 6.07) is 11.3. The maximum atomic E-state index is 14.7. The number of unbranched alkanes of at least 4 members (excludes halogenated alkanes) is 1. The molecule has 0 bridgehead atoms. The predicted molar refractivity (Wildman–Crippen MR) is 112 cm³/mol. The minimum atomic E-state index is -0.161. The molecule has 0 saturated carbocycles. The maximum absolute atomic E-state index is 14.7. The molecule has 1 aliphatic heterocycles. The van der Waals surface area contributed by atoms with Crippen molar-refractivity contribution >= 4 is 21.8 Å². The lowest BCUT2D eigenvalue weighted by Gasteiger charge is -2.22. The molecule has 0 unspecified atom stereocenters. The van der Waals surface area contributed by atoms with Gasteiger partial charge in [-0.25, -0.2) is 4.39 Å². The third-order valence-corrected chi connectivity index (χ3v) is 5.45. The van der Waals surface area contributed by atoms with E-state index < -0.39 is 0 Å². The van der Waals surface area contributed by atoms with E-state index in [1.54, 1.807) is 19.2 Å². The zero-order valence-corrected chi connectivity index (χ0v) is 17.6. The smallest absolute Gasteiger partial charge is 0.131 e. The van der Waals surface area contributed by atoms with Gasteiger partial charge in [0.15, 0.2) is 0 Å². The quantitative estimate of drug-likeness (QED) is 0.569. The summed E-state index contributed by atoms with van der Waals surface area (Å²) in [6.45, 7) is 4.87. The molecule has 3 nitrogen and oxygen atoms in total. The SMILES string of the molecule is CCCCN1CCN=C1c1cccc(F)c1CCc1cc(Br)ccc1OC. The lowest BCUT2D eigenvalue weighted by Crippen LogP contribution is -2.30.